The summed E-state index contributed by atoms with van der Waals surface area (Å²) in [6.07, 6.45) is 5.41. The van der Waals surface area contributed by atoms with Crippen molar-refractivity contribution in [3.63, 3.8) is 0 Å². The third-order valence-corrected chi connectivity index (χ3v) is 8.53. The minimum atomic E-state index is -3.73. The molecule has 2 aromatic carbocycles. The molecule has 0 aliphatic heterocycles. The first kappa shape index (κ1) is 24.5. The first-order chi connectivity index (χ1) is 15.2. The summed E-state index contributed by atoms with van der Waals surface area (Å²) in [5.74, 6) is 0.772. The molecule has 1 fully saturated rings. The van der Waals surface area contributed by atoms with Gasteiger partial charge in [-0.3, -0.25) is 0 Å². The number of rotatable bonds is 10. The maximum atomic E-state index is 12.6. The molecule has 0 saturated heterocycles. The molecule has 8 nitrogen and oxygen atoms in total. The molecule has 176 valence electrons. The number of benzene rings is 2. The summed E-state index contributed by atoms with van der Waals surface area (Å²) in [4.78, 5) is 0.295. The summed E-state index contributed by atoms with van der Waals surface area (Å²) in [6, 6.07) is 10.9. The predicted octanol–water partition coefficient (Wildman–Crippen LogP) is 2.84. The molecule has 2 N–H and O–H groups in total. The van der Waals surface area contributed by atoms with Gasteiger partial charge in [0.1, 0.15) is 0 Å². The second kappa shape index (κ2) is 10.7. The molecular formula is C22H30N2O6S2. The van der Waals surface area contributed by atoms with Crippen LogP contribution in [-0.4, -0.2) is 43.6 Å². The lowest BCUT2D eigenvalue weighted by atomic mass is 9.96. The fraction of sp³-hybridized carbons (Fsp3) is 0.455. The van der Waals surface area contributed by atoms with E-state index in [4.69, 9.17) is 9.47 Å². The van der Waals surface area contributed by atoms with Crippen molar-refractivity contribution in [2.75, 3.05) is 20.8 Å². The Morgan fingerprint density at radius 1 is 0.812 bits per heavy atom. The van der Waals surface area contributed by atoms with Crippen LogP contribution < -0.4 is 18.9 Å². The molecule has 1 aliphatic rings. The average Bonchev–Trinajstić information content (AvgIpc) is 2.79. The van der Waals surface area contributed by atoms with Gasteiger partial charge in [0.25, 0.3) is 0 Å². The van der Waals surface area contributed by atoms with Crippen LogP contribution in [0.1, 0.15) is 37.7 Å². The fourth-order valence-corrected chi connectivity index (χ4v) is 6.09. The van der Waals surface area contributed by atoms with Crippen LogP contribution in [0.25, 0.3) is 0 Å². The standard InChI is InChI=1S/C22H30N2O6S2/c1-29-21-13-12-20(16-22(21)30-2)31(25,26)23-15-14-17-8-10-19(11-9-17)32(27,28)24-18-6-4-3-5-7-18/h8-13,16,18,23-24H,3-7,14-15H2,1-2H3. The quantitative estimate of drug-likeness (QED) is 0.539. The summed E-state index contributed by atoms with van der Waals surface area (Å²) in [5, 5.41) is 0. The Labute approximate surface area is 190 Å². The van der Waals surface area contributed by atoms with Crippen molar-refractivity contribution in [2.45, 2.75) is 54.4 Å². The minimum Gasteiger partial charge on any atom is -0.493 e. The summed E-state index contributed by atoms with van der Waals surface area (Å²) in [5.41, 5.74) is 0.830. The van der Waals surface area contributed by atoms with E-state index in [0.717, 1.165) is 37.7 Å². The number of methoxy groups -OCH3 is 2. The van der Waals surface area contributed by atoms with E-state index in [1.165, 1.54) is 32.4 Å². The van der Waals surface area contributed by atoms with Crippen LogP contribution in [0.2, 0.25) is 0 Å². The van der Waals surface area contributed by atoms with Gasteiger partial charge in [-0.15, -0.1) is 0 Å². The van der Waals surface area contributed by atoms with Gasteiger partial charge < -0.3 is 9.47 Å². The lowest BCUT2D eigenvalue weighted by Crippen LogP contribution is -2.36. The Balaban J connectivity index is 1.58. The first-order valence-electron chi connectivity index (χ1n) is 10.6. The largest absolute Gasteiger partial charge is 0.493 e. The molecule has 0 spiro atoms. The van der Waals surface area contributed by atoms with E-state index >= 15 is 0 Å². The van der Waals surface area contributed by atoms with Crippen molar-refractivity contribution in [1.29, 1.82) is 0 Å². The zero-order chi connectivity index (χ0) is 23.2. The van der Waals surface area contributed by atoms with Crippen molar-refractivity contribution in [1.82, 2.24) is 9.44 Å². The van der Waals surface area contributed by atoms with Gasteiger partial charge in [-0.25, -0.2) is 26.3 Å². The van der Waals surface area contributed by atoms with Gasteiger partial charge >= 0.3 is 0 Å². The number of hydrogen-bond acceptors (Lipinski definition) is 6. The third kappa shape index (κ3) is 6.22. The van der Waals surface area contributed by atoms with E-state index in [1.807, 2.05) is 0 Å². The van der Waals surface area contributed by atoms with E-state index < -0.39 is 20.0 Å². The lowest BCUT2D eigenvalue weighted by molar-refractivity contribution is 0.354. The smallest absolute Gasteiger partial charge is 0.240 e. The summed E-state index contributed by atoms with van der Waals surface area (Å²) in [6.45, 7) is 0.170. The maximum Gasteiger partial charge on any atom is 0.240 e. The Bertz CT molecular complexity index is 1110. The molecule has 0 bridgehead atoms. The molecule has 32 heavy (non-hydrogen) atoms. The zero-order valence-corrected chi connectivity index (χ0v) is 20.0. The van der Waals surface area contributed by atoms with Gasteiger partial charge in [-0.1, -0.05) is 31.4 Å². The molecule has 0 radical (unpaired) electrons. The summed E-state index contributed by atoms with van der Waals surface area (Å²) < 4.78 is 66.0. The normalized spacial score (nSPS) is 15.4. The second-order valence-corrected chi connectivity index (χ2v) is 11.2. The number of hydrogen-bond donors (Lipinski definition) is 2. The van der Waals surface area contributed by atoms with E-state index in [0.29, 0.717) is 17.9 Å². The van der Waals surface area contributed by atoms with Crippen molar-refractivity contribution in [2.24, 2.45) is 0 Å². The first-order valence-corrected chi connectivity index (χ1v) is 13.5. The van der Waals surface area contributed by atoms with Gasteiger partial charge in [0, 0.05) is 18.7 Å². The van der Waals surface area contributed by atoms with Gasteiger partial charge in [0.2, 0.25) is 20.0 Å². The molecule has 10 heteroatoms. The van der Waals surface area contributed by atoms with Crippen LogP contribution >= 0.6 is 0 Å². The highest BCUT2D eigenvalue weighted by Gasteiger charge is 2.22. The second-order valence-electron chi connectivity index (χ2n) is 7.76. The minimum absolute atomic E-state index is 0.000544. The van der Waals surface area contributed by atoms with E-state index in [9.17, 15) is 16.8 Å². The fourth-order valence-electron chi connectivity index (χ4n) is 3.74. The topological polar surface area (TPSA) is 111 Å². The van der Waals surface area contributed by atoms with Crippen LogP contribution in [0.4, 0.5) is 0 Å². The van der Waals surface area contributed by atoms with Crippen molar-refractivity contribution in [3.8, 4) is 11.5 Å². The summed E-state index contributed by atoms with van der Waals surface area (Å²) >= 11 is 0. The summed E-state index contributed by atoms with van der Waals surface area (Å²) in [7, 11) is -4.36. The molecule has 0 amide bonds. The highest BCUT2D eigenvalue weighted by Crippen LogP contribution is 2.29. The molecule has 1 aliphatic carbocycles. The van der Waals surface area contributed by atoms with Crippen molar-refractivity contribution in [3.05, 3.63) is 48.0 Å². The Morgan fingerprint density at radius 3 is 2.06 bits per heavy atom. The van der Waals surface area contributed by atoms with Gasteiger partial charge in [0.05, 0.1) is 24.0 Å². The molecule has 0 atom stereocenters. The van der Waals surface area contributed by atoms with Crippen LogP contribution in [0.15, 0.2) is 52.3 Å². The number of ether oxygens (including phenoxy) is 2. The van der Waals surface area contributed by atoms with Crippen molar-refractivity contribution < 1.29 is 26.3 Å². The van der Waals surface area contributed by atoms with Crippen LogP contribution in [-0.2, 0) is 26.5 Å². The van der Waals surface area contributed by atoms with Crippen LogP contribution in [0, 0.1) is 0 Å². The molecule has 0 aromatic heterocycles. The highest BCUT2D eigenvalue weighted by atomic mass is 32.2. The van der Waals surface area contributed by atoms with Gasteiger partial charge in [-0.2, -0.15) is 0 Å². The van der Waals surface area contributed by atoms with Gasteiger partial charge in [-0.05, 0) is 49.1 Å². The monoisotopic (exact) mass is 482 g/mol. The van der Waals surface area contributed by atoms with E-state index in [-0.39, 0.29) is 22.4 Å². The number of nitrogens with one attached hydrogen (secondary N) is 2. The Hall–Kier alpha value is -2.14. The van der Waals surface area contributed by atoms with Crippen LogP contribution in [0.5, 0.6) is 11.5 Å². The highest BCUT2D eigenvalue weighted by molar-refractivity contribution is 7.89. The molecule has 2 aromatic rings. The predicted molar refractivity (Wildman–Crippen MR) is 122 cm³/mol. The lowest BCUT2D eigenvalue weighted by Gasteiger charge is -2.22. The molecule has 0 unspecified atom stereocenters. The average molecular weight is 483 g/mol. The molecule has 3 rings (SSSR count). The van der Waals surface area contributed by atoms with Crippen molar-refractivity contribution >= 4 is 20.0 Å². The third-order valence-electron chi connectivity index (χ3n) is 5.53. The molecular weight excluding hydrogens is 452 g/mol. The molecule has 1 saturated carbocycles. The zero-order valence-electron chi connectivity index (χ0n) is 18.3. The number of sulfonamides is 2. The van der Waals surface area contributed by atoms with Crippen LogP contribution in [0.3, 0.4) is 0 Å². The van der Waals surface area contributed by atoms with E-state index in [2.05, 4.69) is 9.44 Å². The molecule has 0 heterocycles. The van der Waals surface area contributed by atoms with E-state index in [1.54, 1.807) is 24.3 Å². The maximum absolute atomic E-state index is 12.6. The Kier molecular flexibility index (Phi) is 8.16. The SMILES string of the molecule is COc1ccc(S(=O)(=O)NCCc2ccc(S(=O)(=O)NC3CCCCC3)cc2)cc1OC. The Morgan fingerprint density at radius 2 is 1.44 bits per heavy atom. The van der Waals surface area contributed by atoms with Gasteiger partial charge in [0.15, 0.2) is 11.5 Å².